The number of ether oxygens (including phenoxy) is 1. The Balaban J connectivity index is 2.41. The van der Waals surface area contributed by atoms with E-state index in [0.717, 1.165) is 0 Å². The summed E-state index contributed by atoms with van der Waals surface area (Å²) in [6.45, 7) is 0.372. The molecular weight excluding hydrogens is 200 g/mol. The molecule has 0 amide bonds. The summed E-state index contributed by atoms with van der Waals surface area (Å²) < 4.78 is 32.0. The summed E-state index contributed by atoms with van der Waals surface area (Å²) in [5.74, 6) is -1.76. The molecule has 1 fully saturated rings. The topological polar surface area (TPSA) is 33.0 Å². The van der Waals surface area contributed by atoms with Crippen LogP contribution in [0.15, 0.2) is 18.2 Å². The van der Waals surface area contributed by atoms with Gasteiger partial charge >= 0.3 is 0 Å². The maximum absolute atomic E-state index is 13.4. The molecule has 0 aliphatic carbocycles. The lowest BCUT2D eigenvalue weighted by Gasteiger charge is -2.14. The fourth-order valence-electron chi connectivity index (χ4n) is 1.79. The van der Waals surface area contributed by atoms with Gasteiger partial charge in [-0.25, -0.2) is 8.78 Å². The van der Waals surface area contributed by atoms with Crippen LogP contribution in [-0.2, 0) is 4.74 Å². The van der Waals surface area contributed by atoms with Gasteiger partial charge in [-0.3, -0.25) is 0 Å². The van der Waals surface area contributed by atoms with Gasteiger partial charge in [0.25, 0.3) is 0 Å². The molecule has 1 aliphatic heterocycles. The molecule has 2 unspecified atom stereocenters. The highest BCUT2D eigenvalue weighted by Crippen LogP contribution is 2.36. The van der Waals surface area contributed by atoms with E-state index in [0.29, 0.717) is 13.0 Å². The first-order valence-electron chi connectivity index (χ1n) is 4.69. The van der Waals surface area contributed by atoms with Crippen molar-refractivity contribution in [2.24, 2.45) is 5.92 Å². The standard InChI is InChI=1S/C11H9F2NO/c12-8-2-1-3-9(13)10(8)11-7(6-14)4-5-15-11/h1-3,7,11H,4-5H2. The number of hydrogen-bond acceptors (Lipinski definition) is 2. The Hall–Kier alpha value is -1.47. The minimum absolute atomic E-state index is 0.124. The molecule has 15 heavy (non-hydrogen) atoms. The SMILES string of the molecule is N#CC1CCOC1c1c(F)cccc1F. The second kappa shape index (κ2) is 3.95. The normalized spacial score (nSPS) is 25.1. The predicted molar refractivity (Wildman–Crippen MR) is 48.8 cm³/mol. The Morgan fingerprint density at radius 2 is 2.00 bits per heavy atom. The molecule has 1 aromatic carbocycles. The molecule has 0 radical (unpaired) electrons. The second-order valence-electron chi connectivity index (χ2n) is 3.45. The van der Waals surface area contributed by atoms with E-state index < -0.39 is 23.7 Å². The van der Waals surface area contributed by atoms with E-state index in [9.17, 15) is 8.78 Å². The van der Waals surface area contributed by atoms with E-state index in [1.807, 2.05) is 6.07 Å². The van der Waals surface area contributed by atoms with Crippen LogP contribution >= 0.6 is 0 Å². The van der Waals surface area contributed by atoms with E-state index in [1.54, 1.807) is 0 Å². The van der Waals surface area contributed by atoms with Crippen molar-refractivity contribution in [3.05, 3.63) is 35.4 Å². The third kappa shape index (κ3) is 1.71. The number of nitriles is 1. The molecule has 1 aromatic rings. The zero-order valence-corrected chi connectivity index (χ0v) is 7.91. The minimum Gasteiger partial charge on any atom is -0.372 e. The Kier molecular flexibility index (Phi) is 2.65. The van der Waals surface area contributed by atoms with Crippen molar-refractivity contribution < 1.29 is 13.5 Å². The van der Waals surface area contributed by atoms with Gasteiger partial charge < -0.3 is 4.74 Å². The molecular formula is C11H9F2NO. The van der Waals surface area contributed by atoms with Crippen LogP contribution in [0.5, 0.6) is 0 Å². The van der Waals surface area contributed by atoms with Gasteiger partial charge in [0.05, 0.1) is 17.6 Å². The highest BCUT2D eigenvalue weighted by Gasteiger charge is 2.33. The van der Waals surface area contributed by atoms with Crippen LogP contribution < -0.4 is 0 Å². The van der Waals surface area contributed by atoms with E-state index in [-0.39, 0.29) is 5.56 Å². The molecule has 4 heteroatoms. The monoisotopic (exact) mass is 209 g/mol. The van der Waals surface area contributed by atoms with Crippen LogP contribution in [0.3, 0.4) is 0 Å². The maximum atomic E-state index is 13.4. The van der Waals surface area contributed by atoms with Crippen molar-refractivity contribution in [3.63, 3.8) is 0 Å². The molecule has 2 atom stereocenters. The quantitative estimate of drug-likeness (QED) is 0.712. The third-order valence-electron chi connectivity index (χ3n) is 2.54. The zero-order valence-electron chi connectivity index (χ0n) is 7.91. The first-order valence-corrected chi connectivity index (χ1v) is 4.69. The molecule has 0 bridgehead atoms. The van der Waals surface area contributed by atoms with Gasteiger partial charge in [-0.1, -0.05) is 6.07 Å². The lowest BCUT2D eigenvalue weighted by Crippen LogP contribution is -2.10. The molecule has 2 rings (SSSR count). The lowest BCUT2D eigenvalue weighted by atomic mass is 9.96. The molecule has 2 nitrogen and oxygen atoms in total. The molecule has 1 heterocycles. The average molecular weight is 209 g/mol. The summed E-state index contributed by atoms with van der Waals surface area (Å²) >= 11 is 0. The molecule has 78 valence electrons. The molecule has 0 N–H and O–H groups in total. The first-order chi connectivity index (χ1) is 7.24. The van der Waals surface area contributed by atoms with Crippen molar-refractivity contribution >= 4 is 0 Å². The summed E-state index contributed by atoms with van der Waals surface area (Å²) in [6.07, 6.45) is -0.245. The largest absolute Gasteiger partial charge is 0.372 e. The second-order valence-corrected chi connectivity index (χ2v) is 3.45. The fraction of sp³-hybridized carbons (Fsp3) is 0.364. The lowest BCUT2D eigenvalue weighted by molar-refractivity contribution is 0.0944. The number of halogens is 2. The Morgan fingerprint density at radius 3 is 2.60 bits per heavy atom. The minimum atomic E-state index is -0.767. The number of rotatable bonds is 1. The molecule has 0 aromatic heterocycles. The van der Waals surface area contributed by atoms with Crippen molar-refractivity contribution in [2.45, 2.75) is 12.5 Å². The Labute approximate surface area is 86.1 Å². The molecule has 1 saturated heterocycles. The summed E-state index contributed by atoms with van der Waals surface area (Å²) in [5, 5.41) is 8.80. The van der Waals surface area contributed by atoms with Crippen LogP contribution in [0.4, 0.5) is 8.78 Å². The van der Waals surface area contributed by atoms with Gasteiger partial charge in [0.1, 0.15) is 17.7 Å². The number of hydrogen-bond donors (Lipinski definition) is 0. The summed E-state index contributed by atoms with van der Waals surface area (Å²) in [7, 11) is 0. The van der Waals surface area contributed by atoms with Gasteiger partial charge in [-0.2, -0.15) is 5.26 Å². The van der Waals surface area contributed by atoms with Crippen LogP contribution in [0.1, 0.15) is 18.1 Å². The smallest absolute Gasteiger partial charge is 0.132 e. The van der Waals surface area contributed by atoms with Crippen molar-refractivity contribution in [1.29, 1.82) is 5.26 Å². The van der Waals surface area contributed by atoms with E-state index in [4.69, 9.17) is 10.00 Å². The van der Waals surface area contributed by atoms with E-state index in [1.165, 1.54) is 18.2 Å². The summed E-state index contributed by atoms with van der Waals surface area (Å²) in [5.41, 5.74) is -0.124. The maximum Gasteiger partial charge on any atom is 0.132 e. The van der Waals surface area contributed by atoms with Crippen LogP contribution in [0, 0.1) is 28.9 Å². The zero-order chi connectivity index (χ0) is 10.8. The highest BCUT2D eigenvalue weighted by atomic mass is 19.1. The average Bonchev–Trinajstić information content (AvgIpc) is 2.65. The number of nitrogens with zero attached hydrogens (tertiary/aromatic N) is 1. The number of benzene rings is 1. The fourth-order valence-corrected chi connectivity index (χ4v) is 1.79. The Bertz CT molecular complexity index is 393. The van der Waals surface area contributed by atoms with Crippen LogP contribution in [0.2, 0.25) is 0 Å². The summed E-state index contributed by atoms with van der Waals surface area (Å²) in [6, 6.07) is 5.65. The van der Waals surface area contributed by atoms with Crippen LogP contribution in [-0.4, -0.2) is 6.61 Å². The molecule has 1 aliphatic rings. The van der Waals surface area contributed by atoms with Crippen molar-refractivity contribution in [2.75, 3.05) is 6.61 Å². The van der Waals surface area contributed by atoms with Gasteiger partial charge in [-0.05, 0) is 18.6 Å². The van der Waals surface area contributed by atoms with Gasteiger partial charge in [0, 0.05) is 6.61 Å². The molecule has 0 saturated carbocycles. The van der Waals surface area contributed by atoms with Gasteiger partial charge in [0.2, 0.25) is 0 Å². The van der Waals surface area contributed by atoms with Gasteiger partial charge in [0.15, 0.2) is 0 Å². The summed E-state index contributed by atoms with van der Waals surface area (Å²) in [4.78, 5) is 0. The third-order valence-corrected chi connectivity index (χ3v) is 2.54. The predicted octanol–water partition coefficient (Wildman–Crippen LogP) is 2.57. The van der Waals surface area contributed by atoms with Crippen molar-refractivity contribution in [1.82, 2.24) is 0 Å². The van der Waals surface area contributed by atoms with E-state index >= 15 is 0 Å². The molecule has 0 spiro atoms. The highest BCUT2D eigenvalue weighted by molar-refractivity contribution is 5.25. The Morgan fingerprint density at radius 1 is 1.33 bits per heavy atom. The van der Waals surface area contributed by atoms with Crippen molar-refractivity contribution in [3.8, 4) is 6.07 Å². The van der Waals surface area contributed by atoms with Gasteiger partial charge in [-0.15, -0.1) is 0 Å². The van der Waals surface area contributed by atoms with Crippen LogP contribution in [0.25, 0.3) is 0 Å². The first kappa shape index (κ1) is 10.1. The van der Waals surface area contributed by atoms with E-state index in [2.05, 4.69) is 0 Å².